The predicted octanol–water partition coefficient (Wildman–Crippen LogP) is 6.49. The second-order valence-electron chi connectivity index (χ2n) is 4.93. The number of para-hydroxylation sites is 1. The van der Waals surface area contributed by atoms with Crippen LogP contribution in [0.2, 0.25) is 10.0 Å². The number of benzene rings is 3. The molecule has 2 nitrogen and oxygen atoms in total. The molecular weight excluding hydrogens is 327 g/mol. The van der Waals surface area contributed by atoms with Gasteiger partial charge in [0.1, 0.15) is 0 Å². The molecule has 0 saturated carbocycles. The first-order valence-corrected chi connectivity index (χ1v) is 7.88. The van der Waals surface area contributed by atoms with Crippen molar-refractivity contribution in [1.29, 1.82) is 0 Å². The Labute approximate surface area is 145 Å². The largest absolute Gasteiger partial charge is 0.356 e. The zero-order chi connectivity index (χ0) is 16.1. The van der Waals surface area contributed by atoms with Crippen LogP contribution in [0.5, 0.6) is 0 Å². The standard InChI is InChI=1S/C19H14Cl2N2/c20-18-7-4-8-19(21)17(18)13-22-14-9-11-16(12-10-14)23-15-5-2-1-3-6-15/h1-13,23H. The van der Waals surface area contributed by atoms with Crippen molar-refractivity contribution >= 4 is 46.5 Å². The van der Waals surface area contributed by atoms with Crippen LogP contribution in [0.25, 0.3) is 0 Å². The summed E-state index contributed by atoms with van der Waals surface area (Å²) in [6, 6.07) is 23.2. The topological polar surface area (TPSA) is 24.4 Å². The maximum absolute atomic E-state index is 6.13. The van der Waals surface area contributed by atoms with E-state index in [2.05, 4.69) is 10.3 Å². The Balaban J connectivity index is 1.74. The van der Waals surface area contributed by atoms with Crippen molar-refractivity contribution in [3.8, 4) is 0 Å². The molecule has 0 amide bonds. The Kier molecular flexibility index (Phi) is 4.96. The lowest BCUT2D eigenvalue weighted by Crippen LogP contribution is -1.88. The van der Waals surface area contributed by atoms with Crippen molar-refractivity contribution in [2.75, 3.05) is 5.32 Å². The first kappa shape index (κ1) is 15.6. The number of rotatable bonds is 4. The monoisotopic (exact) mass is 340 g/mol. The van der Waals surface area contributed by atoms with Crippen molar-refractivity contribution in [1.82, 2.24) is 0 Å². The molecule has 1 N–H and O–H groups in total. The molecule has 0 fully saturated rings. The number of aliphatic imine (C=N–C) groups is 1. The molecule has 3 rings (SSSR count). The zero-order valence-electron chi connectivity index (χ0n) is 12.2. The van der Waals surface area contributed by atoms with Gasteiger partial charge in [0.2, 0.25) is 0 Å². The van der Waals surface area contributed by atoms with E-state index in [1.165, 1.54) is 0 Å². The molecule has 0 atom stereocenters. The molecule has 0 saturated heterocycles. The van der Waals surface area contributed by atoms with Crippen LogP contribution >= 0.6 is 23.2 Å². The van der Waals surface area contributed by atoms with Gasteiger partial charge in [0.25, 0.3) is 0 Å². The van der Waals surface area contributed by atoms with Crippen molar-refractivity contribution < 1.29 is 0 Å². The third kappa shape index (κ3) is 4.13. The average molecular weight is 341 g/mol. The van der Waals surface area contributed by atoms with Gasteiger partial charge in [-0.2, -0.15) is 0 Å². The summed E-state index contributed by atoms with van der Waals surface area (Å²) >= 11 is 12.3. The van der Waals surface area contributed by atoms with E-state index in [0.717, 1.165) is 22.6 Å². The van der Waals surface area contributed by atoms with Crippen LogP contribution in [0.1, 0.15) is 5.56 Å². The predicted molar refractivity (Wildman–Crippen MR) is 99.9 cm³/mol. The molecule has 0 aromatic heterocycles. The Morgan fingerprint density at radius 2 is 1.30 bits per heavy atom. The van der Waals surface area contributed by atoms with E-state index >= 15 is 0 Å². The molecular formula is C19H14Cl2N2. The fraction of sp³-hybridized carbons (Fsp3) is 0. The van der Waals surface area contributed by atoms with Gasteiger partial charge in [-0.25, -0.2) is 0 Å². The van der Waals surface area contributed by atoms with Crippen LogP contribution < -0.4 is 5.32 Å². The minimum absolute atomic E-state index is 0.587. The van der Waals surface area contributed by atoms with E-state index in [1.807, 2.05) is 60.7 Å². The summed E-state index contributed by atoms with van der Waals surface area (Å²) in [6.07, 6.45) is 1.68. The molecule has 0 unspecified atom stereocenters. The van der Waals surface area contributed by atoms with Gasteiger partial charge in [0.15, 0.2) is 0 Å². The van der Waals surface area contributed by atoms with E-state index in [1.54, 1.807) is 18.3 Å². The molecule has 4 heteroatoms. The summed E-state index contributed by atoms with van der Waals surface area (Å²) in [5.74, 6) is 0. The van der Waals surface area contributed by atoms with Gasteiger partial charge in [-0.15, -0.1) is 0 Å². The molecule has 23 heavy (non-hydrogen) atoms. The smallest absolute Gasteiger partial charge is 0.0631 e. The Morgan fingerprint density at radius 3 is 1.96 bits per heavy atom. The molecule has 0 spiro atoms. The van der Waals surface area contributed by atoms with Crippen LogP contribution in [0.4, 0.5) is 17.1 Å². The highest BCUT2D eigenvalue weighted by Gasteiger charge is 2.02. The molecule has 3 aromatic rings. The van der Waals surface area contributed by atoms with Crippen LogP contribution in [0.15, 0.2) is 77.8 Å². The fourth-order valence-electron chi connectivity index (χ4n) is 2.09. The number of hydrogen-bond donors (Lipinski definition) is 1. The molecule has 0 aliphatic carbocycles. The Morgan fingerprint density at radius 1 is 0.696 bits per heavy atom. The van der Waals surface area contributed by atoms with Crippen molar-refractivity contribution in [3.63, 3.8) is 0 Å². The van der Waals surface area contributed by atoms with Gasteiger partial charge in [0, 0.05) is 23.2 Å². The number of nitrogens with zero attached hydrogens (tertiary/aromatic N) is 1. The quantitative estimate of drug-likeness (QED) is 0.539. The summed E-state index contributed by atoms with van der Waals surface area (Å²) in [6.45, 7) is 0. The molecule has 0 bridgehead atoms. The minimum atomic E-state index is 0.587. The lowest BCUT2D eigenvalue weighted by Gasteiger charge is -2.06. The summed E-state index contributed by atoms with van der Waals surface area (Å²) in [5.41, 5.74) is 3.61. The van der Waals surface area contributed by atoms with Gasteiger partial charge in [-0.05, 0) is 48.5 Å². The minimum Gasteiger partial charge on any atom is -0.356 e. The SMILES string of the molecule is Clc1cccc(Cl)c1C=Nc1ccc(Nc2ccccc2)cc1. The third-order valence-corrected chi connectivity index (χ3v) is 3.93. The first-order chi connectivity index (χ1) is 11.2. The number of hydrogen-bond acceptors (Lipinski definition) is 2. The molecule has 0 radical (unpaired) electrons. The van der Waals surface area contributed by atoms with Crippen molar-refractivity contribution in [2.24, 2.45) is 4.99 Å². The second kappa shape index (κ2) is 7.32. The number of nitrogens with one attached hydrogen (secondary N) is 1. The van der Waals surface area contributed by atoms with E-state index < -0.39 is 0 Å². The van der Waals surface area contributed by atoms with Crippen molar-refractivity contribution in [3.05, 3.63) is 88.4 Å². The third-order valence-electron chi connectivity index (χ3n) is 3.27. The normalized spacial score (nSPS) is 10.9. The van der Waals surface area contributed by atoms with Crippen LogP contribution in [-0.4, -0.2) is 6.21 Å². The molecule has 0 heterocycles. The lowest BCUT2D eigenvalue weighted by atomic mass is 10.2. The molecule has 0 aliphatic heterocycles. The number of anilines is 2. The highest BCUT2D eigenvalue weighted by molar-refractivity contribution is 6.38. The van der Waals surface area contributed by atoms with E-state index in [9.17, 15) is 0 Å². The maximum Gasteiger partial charge on any atom is 0.0631 e. The van der Waals surface area contributed by atoms with Crippen LogP contribution in [0.3, 0.4) is 0 Å². The van der Waals surface area contributed by atoms with Crippen molar-refractivity contribution in [2.45, 2.75) is 0 Å². The van der Waals surface area contributed by atoms with Gasteiger partial charge < -0.3 is 5.32 Å². The Bertz CT molecular complexity index is 792. The van der Waals surface area contributed by atoms with Crippen LogP contribution in [-0.2, 0) is 0 Å². The molecule has 3 aromatic carbocycles. The summed E-state index contributed by atoms with van der Waals surface area (Å²) in [5, 5.41) is 4.50. The highest BCUT2D eigenvalue weighted by Crippen LogP contribution is 2.24. The second-order valence-corrected chi connectivity index (χ2v) is 5.75. The zero-order valence-corrected chi connectivity index (χ0v) is 13.7. The molecule has 0 aliphatic rings. The van der Waals surface area contributed by atoms with Gasteiger partial charge >= 0.3 is 0 Å². The van der Waals surface area contributed by atoms with Gasteiger partial charge in [-0.3, -0.25) is 4.99 Å². The van der Waals surface area contributed by atoms with Gasteiger partial charge in [0.05, 0.1) is 15.7 Å². The summed E-state index contributed by atoms with van der Waals surface area (Å²) in [4.78, 5) is 4.42. The van der Waals surface area contributed by atoms with Crippen LogP contribution in [0, 0.1) is 0 Å². The molecule has 114 valence electrons. The van der Waals surface area contributed by atoms with E-state index in [4.69, 9.17) is 23.2 Å². The van der Waals surface area contributed by atoms with E-state index in [-0.39, 0.29) is 0 Å². The Hall–Kier alpha value is -2.29. The first-order valence-electron chi connectivity index (χ1n) is 7.12. The maximum atomic E-state index is 6.13. The van der Waals surface area contributed by atoms with E-state index in [0.29, 0.717) is 10.0 Å². The highest BCUT2D eigenvalue weighted by atomic mass is 35.5. The lowest BCUT2D eigenvalue weighted by molar-refractivity contribution is 1.50. The van der Waals surface area contributed by atoms with Gasteiger partial charge in [-0.1, -0.05) is 47.5 Å². The fourth-order valence-corrected chi connectivity index (χ4v) is 2.59. The number of halogens is 2. The average Bonchev–Trinajstić information content (AvgIpc) is 2.57. The summed E-state index contributed by atoms with van der Waals surface area (Å²) < 4.78 is 0. The summed E-state index contributed by atoms with van der Waals surface area (Å²) in [7, 11) is 0.